The van der Waals surface area contributed by atoms with E-state index in [1.165, 1.54) is 19.2 Å². The Hall–Kier alpha value is -2.64. The monoisotopic (exact) mass is 402 g/mol. The molecule has 0 saturated carbocycles. The third-order valence-electron chi connectivity index (χ3n) is 4.89. The third-order valence-corrected chi connectivity index (χ3v) is 5.11. The lowest BCUT2D eigenvalue weighted by Crippen LogP contribution is -2.51. The number of fused-ring (bicyclic) bond motifs is 1. The Kier molecular flexibility index (Phi) is 5.19. The quantitative estimate of drug-likeness (QED) is 0.701. The zero-order chi connectivity index (χ0) is 19.7. The highest BCUT2D eigenvalue weighted by atomic mass is 35.5. The Bertz CT molecular complexity index is 996. The Morgan fingerprint density at radius 2 is 2.18 bits per heavy atom. The number of anilines is 1. The standard InChI is InChI=1S/C20H20ClFN4O2/c1-28-20(27)25(19-4-2-3-7-23-19)16-5-6-18-13(8-16)12-24-26(18)17-10-14(21)9-15(22)11-17/h5-6,8-12,19,23H,2-4,7H2,1H3/t19-/m1/s1. The smallest absolute Gasteiger partial charge is 0.415 e. The van der Waals surface area contributed by atoms with Crippen LogP contribution < -0.4 is 10.2 Å². The minimum atomic E-state index is -0.428. The summed E-state index contributed by atoms with van der Waals surface area (Å²) in [7, 11) is 1.38. The van der Waals surface area contributed by atoms with Crippen molar-refractivity contribution in [3.05, 3.63) is 53.4 Å². The molecule has 1 aliphatic rings. The van der Waals surface area contributed by atoms with Crippen molar-refractivity contribution >= 4 is 34.3 Å². The fourth-order valence-corrected chi connectivity index (χ4v) is 3.82. The van der Waals surface area contributed by atoms with Crippen LogP contribution in [0.4, 0.5) is 14.9 Å². The van der Waals surface area contributed by atoms with Crippen molar-refractivity contribution in [3.8, 4) is 5.69 Å². The van der Waals surface area contributed by atoms with Crippen molar-refractivity contribution in [1.82, 2.24) is 15.1 Å². The average Bonchev–Trinajstić information content (AvgIpc) is 3.11. The van der Waals surface area contributed by atoms with E-state index in [1.54, 1.807) is 21.8 Å². The highest BCUT2D eigenvalue weighted by Gasteiger charge is 2.27. The second-order valence-electron chi connectivity index (χ2n) is 6.73. The van der Waals surface area contributed by atoms with Gasteiger partial charge in [-0.15, -0.1) is 0 Å². The van der Waals surface area contributed by atoms with E-state index in [0.717, 1.165) is 42.4 Å². The number of carbonyl (C=O) groups is 1. The van der Waals surface area contributed by atoms with Gasteiger partial charge in [-0.3, -0.25) is 10.2 Å². The number of benzene rings is 2. The molecule has 2 heterocycles. The van der Waals surface area contributed by atoms with E-state index in [9.17, 15) is 9.18 Å². The molecule has 2 aromatic carbocycles. The summed E-state index contributed by atoms with van der Waals surface area (Å²) in [5.74, 6) is -0.428. The predicted molar refractivity (Wildman–Crippen MR) is 107 cm³/mol. The van der Waals surface area contributed by atoms with Gasteiger partial charge < -0.3 is 4.74 Å². The van der Waals surface area contributed by atoms with Crippen LogP contribution in [0.15, 0.2) is 42.6 Å². The minimum absolute atomic E-state index is 0.115. The van der Waals surface area contributed by atoms with Crippen LogP contribution in [0.2, 0.25) is 5.02 Å². The summed E-state index contributed by atoms with van der Waals surface area (Å²) in [5.41, 5.74) is 2.04. The van der Waals surface area contributed by atoms with Crippen LogP contribution in [0.5, 0.6) is 0 Å². The van der Waals surface area contributed by atoms with Gasteiger partial charge in [-0.1, -0.05) is 11.6 Å². The average molecular weight is 403 g/mol. The molecule has 8 heteroatoms. The van der Waals surface area contributed by atoms with Gasteiger partial charge in [-0.05, 0) is 62.2 Å². The highest BCUT2D eigenvalue weighted by Crippen LogP contribution is 2.28. The maximum Gasteiger partial charge on any atom is 0.415 e. The SMILES string of the molecule is COC(=O)N(c1ccc2c(cnn2-c2cc(F)cc(Cl)c2)c1)[C@@H]1CCCCN1. The van der Waals surface area contributed by atoms with E-state index in [0.29, 0.717) is 10.7 Å². The Labute approximate surface area is 166 Å². The second kappa shape index (κ2) is 7.77. The van der Waals surface area contributed by atoms with Crippen molar-refractivity contribution in [1.29, 1.82) is 0 Å². The molecule has 0 radical (unpaired) electrons. The lowest BCUT2D eigenvalue weighted by atomic mass is 10.1. The molecule has 3 aromatic rings. The summed E-state index contributed by atoms with van der Waals surface area (Å²) in [6.07, 6.45) is 4.15. The molecule has 0 aliphatic carbocycles. The summed E-state index contributed by atoms with van der Waals surface area (Å²) in [4.78, 5) is 14.1. The molecular weight excluding hydrogens is 383 g/mol. The predicted octanol–water partition coefficient (Wildman–Crippen LogP) is 4.49. The third kappa shape index (κ3) is 3.55. The van der Waals surface area contributed by atoms with Gasteiger partial charge in [0.1, 0.15) is 5.82 Å². The van der Waals surface area contributed by atoms with Crippen molar-refractivity contribution in [2.75, 3.05) is 18.6 Å². The largest absolute Gasteiger partial charge is 0.452 e. The highest BCUT2D eigenvalue weighted by molar-refractivity contribution is 6.30. The van der Waals surface area contributed by atoms with Crippen LogP contribution in [0.1, 0.15) is 19.3 Å². The van der Waals surface area contributed by atoms with E-state index < -0.39 is 11.9 Å². The molecule has 1 aliphatic heterocycles. The molecule has 1 aromatic heterocycles. The van der Waals surface area contributed by atoms with Gasteiger partial charge in [0.15, 0.2) is 0 Å². The van der Waals surface area contributed by atoms with Gasteiger partial charge in [0, 0.05) is 16.1 Å². The number of methoxy groups -OCH3 is 1. The number of hydrogen-bond donors (Lipinski definition) is 1. The number of hydrogen-bond acceptors (Lipinski definition) is 4. The van der Waals surface area contributed by atoms with Crippen molar-refractivity contribution in [2.24, 2.45) is 0 Å². The molecule has 1 amide bonds. The molecule has 1 fully saturated rings. The van der Waals surface area contributed by atoms with Gasteiger partial charge in [-0.2, -0.15) is 5.10 Å². The summed E-state index contributed by atoms with van der Waals surface area (Å²) < 4.78 is 20.4. The van der Waals surface area contributed by atoms with Crippen LogP contribution in [-0.4, -0.2) is 35.7 Å². The topological polar surface area (TPSA) is 59.4 Å². The van der Waals surface area contributed by atoms with Gasteiger partial charge in [0.25, 0.3) is 0 Å². The summed E-state index contributed by atoms with van der Waals surface area (Å²) in [5, 5.41) is 8.86. The molecule has 4 rings (SSSR count). The Morgan fingerprint density at radius 1 is 1.32 bits per heavy atom. The number of nitrogens with zero attached hydrogens (tertiary/aromatic N) is 3. The van der Waals surface area contributed by atoms with Gasteiger partial charge in [0.05, 0.1) is 30.7 Å². The van der Waals surface area contributed by atoms with Crippen molar-refractivity contribution in [2.45, 2.75) is 25.4 Å². The lowest BCUT2D eigenvalue weighted by Gasteiger charge is -2.34. The lowest BCUT2D eigenvalue weighted by molar-refractivity contribution is 0.172. The van der Waals surface area contributed by atoms with E-state index in [1.807, 2.05) is 18.2 Å². The Balaban J connectivity index is 1.74. The normalized spacial score (nSPS) is 16.9. The first-order valence-corrected chi connectivity index (χ1v) is 9.49. The molecule has 1 atom stereocenters. The molecule has 1 saturated heterocycles. The van der Waals surface area contributed by atoms with Crippen LogP contribution in [0, 0.1) is 5.82 Å². The molecule has 0 unspecified atom stereocenters. The molecular formula is C20H20ClFN4O2. The molecule has 6 nitrogen and oxygen atoms in total. The number of halogens is 2. The summed E-state index contributed by atoms with van der Waals surface area (Å²) >= 11 is 5.98. The van der Waals surface area contributed by atoms with Gasteiger partial charge in [0.2, 0.25) is 0 Å². The molecule has 146 valence electrons. The summed E-state index contributed by atoms with van der Waals surface area (Å²) in [6, 6.07) is 9.85. The molecule has 0 spiro atoms. The van der Waals surface area contributed by atoms with Crippen molar-refractivity contribution in [3.63, 3.8) is 0 Å². The first kappa shape index (κ1) is 18.7. The van der Waals surface area contributed by atoms with Gasteiger partial charge >= 0.3 is 6.09 Å². The van der Waals surface area contributed by atoms with Crippen LogP contribution >= 0.6 is 11.6 Å². The first-order valence-electron chi connectivity index (χ1n) is 9.11. The Morgan fingerprint density at radius 3 is 2.89 bits per heavy atom. The minimum Gasteiger partial charge on any atom is -0.452 e. The number of piperidine rings is 1. The number of ether oxygens (including phenoxy) is 1. The number of carbonyl (C=O) groups excluding carboxylic acids is 1. The van der Waals surface area contributed by atoms with E-state index in [4.69, 9.17) is 16.3 Å². The maximum atomic E-state index is 13.7. The molecule has 28 heavy (non-hydrogen) atoms. The number of rotatable bonds is 3. The fourth-order valence-electron chi connectivity index (χ4n) is 3.60. The van der Waals surface area contributed by atoms with Crippen molar-refractivity contribution < 1.29 is 13.9 Å². The maximum absolute atomic E-state index is 13.7. The van der Waals surface area contributed by atoms with Crippen LogP contribution in [0.3, 0.4) is 0 Å². The number of nitrogens with one attached hydrogen (secondary N) is 1. The first-order chi connectivity index (χ1) is 13.6. The zero-order valence-corrected chi connectivity index (χ0v) is 16.1. The molecule has 0 bridgehead atoms. The van der Waals surface area contributed by atoms with E-state index >= 15 is 0 Å². The number of aromatic nitrogens is 2. The summed E-state index contributed by atoms with van der Waals surface area (Å²) in [6.45, 7) is 0.860. The van der Waals surface area contributed by atoms with E-state index in [-0.39, 0.29) is 6.17 Å². The zero-order valence-electron chi connectivity index (χ0n) is 15.4. The second-order valence-corrected chi connectivity index (χ2v) is 7.17. The van der Waals surface area contributed by atoms with Crippen LogP contribution in [-0.2, 0) is 4.74 Å². The number of amides is 1. The van der Waals surface area contributed by atoms with E-state index in [2.05, 4.69) is 10.4 Å². The fraction of sp³-hybridized carbons (Fsp3) is 0.300. The molecule has 1 N–H and O–H groups in total. The van der Waals surface area contributed by atoms with Crippen LogP contribution in [0.25, 0.3) is 16.6 Å². The van der Waals surface area contributed by atoms with Gasteiger partial charge in [-0.25, -0.2) is 13.9 Å².